The maximum Gasteiger partial charge on any atom is 0.289 e. The number of likely N-dealkylation sites (N-methyl/N-ethyl adjacent to an activating group) is 1. The number of imidazole rings is 1. The van der Waals surface area contributed by atoms with Gasteiger partial charge in [-0.1, -0.05) is 19.1 Å². The molecule has 3 rings (SSSR count). The number of nitrogens with one attached hydrogen (secondary N) is 1. The molecule has 2 heterocycles. The van der Waals surface area contributed by atoms with Crippen molar-refractivity contribution in [1.82, 2.24) is 19.8 Å². The molecule has 0 atom stereocenters. The lowest BCUT2D eigenvalue weighted by atomic mass is 10.2. The summed E-state index contributed by atoms with van der Waals surface area (Å²) in [7, 11) is 0. The number of benzene rings is 1. The molecule has 2 aromatic rings. The number of hydrogen-bond donors (Lipinski definition) is 1. The molecule has 0 unspecified atom stereocenters. The standard InChI is InChI=1S/C15H20N4O/c1-3-18-7-9-19(10-8-18)15(20)14-16-12-6-4-5-11(2)13(12)17-14/h4-6H,3,7-10H2,1-2H3,(H,16,17). The predicted molar refractivity (Wildman–Crippen MR) is 78.8 cm³/mol. The minimum Gasteiger partial charge on any atom is -0.334 e. The molecule has 1 aromatic carbocycles. The number of piperazine rings is 1. The second kappa shape index (κ2) is 5.25. The van der Waals surface area contributed by atoms with E-state index in [-0.39, 0.29) is 5.91 Å². The molecule has 1 aliphatic rings. The van der Waals surface area contributed by atoms with Gasteiger partial charge in [0.25, 0.3) is 5.91 Å². The SMILES string of the molecule is CCN1CCN(C(=O)c2nc3c(C)cccc3[nH]2)CC1. The number of carbonyl (C=O) groups is 1. The molecule has 1 N–H and O–H groups in total. The Bertz CT molecular complexity index is 626. The largest absolute Gasteiger partial charge is 0.334 e. The molecule has 0 radical (unpaired) electrons. The summed E-state index contributed by atoms with van der Waals surface area (Å²) in [6.45, 7) is 8.66. The summed E-state index contributed by atoms with van der Waals surface area (Å²) in [5, 5.41) is 0. The molecule has 1 aromatic heterocycles. The van der Waals surface area contributed by atoms with Crippen LogP contribution in [-0.4, -0.2) is 58.4 Å². The lowest BCUT2D eigenvalue weighted by Crippen LogP contribution is -2.48. The maximum absolute atomic E-state index is 12.5. The molecule has 0 spiro atoms. The van der Waals surface area contributed by atoms with Crippen LogP contribution in [0.5, 0.6) is 0 Å². The van der Waals surface area contributed by atoms with Crippen LogP contribution in [-0.2, 0) is 0 Å². The summed E-state index contributed by atoms with van der Waals surface area (Å²) >= 11 is 0. The van der Waals surface area contributed by atoms with Crippen LogP contribution in [0.1, 0.15) is 23.1 Å². The first-order valence-corrected chi connectivity index (χ1v) is 7.16. The monoisotopic (exact) mass is 272 g/mol. The first-order chi connectivity index (χ1) is 9.69. The fraction of sp³-hybridized carbons (Fsp3) is 0.467. The van der Waals surface area contributed by atoms with E-state index >= 15 is 0 Å². The first kappa shape index (κ1) is 13.1. The van der Waals surface area contributed by atoms with Crippen molar-refractivity contribution in [3.63, 3.8) is 0 Å². The zero-order valence-electron chi connectivity index (χ0n) is 12.0. The normalized spacial score (nSPS) is 16.8. The van der Waals surface area contributed by atoms with Crippen molar-refractivity contribution >= 4 is 16.9 Å². The zero-order chi connectivity index (χ0) is 14.1. The van der Waals surface area contributed by atoms with Crippen molar-refractivity contribution in [2.75, 3.05) is 32.7 Å². The molecule has 1 aliphatic heterocycles. The zero-order valence-corrected chi connectivity index (χ0v) is 12.0. The number of nitrogens with zero attached hydrogens (tertiary/aromatic N) is 3. The summed E-state index contributed by atoms with van der Waals surface area (Å²) < 4.78 is 0. The minimum atomic E-state index is 0.0105. The molecule has 1 amide bonds. The van der Waals surface area contributed by atoms with E-state index in [0.29, 0.717) is 5.82 Å². The van der Waals surface area contributed by atoms with Crippen LogP contribution in [0.25, 0.3) is 11.0 Å². The number of para-hydroxylation sites is 1. The Labute approximate surface area is 118 Å². The van der Waals surface area contributed by atoms with E-state index < -0.39 is 0 Å². The third kappa shape index (κ3) is 2.29. The highest BCUT2D eigenvalue weighted by molar-refractivity contribution is 5.94. The van der Waals surface area contributed by atoms with E-state index in [1.165, 1.54) is 0 Å². The van der Waals surface area contributed by atoms with Crippen LogP contribution in [0.2, 0.25) is 0 Å². The molecule has 106 valence electrons. The second-order valence-electron chi connectivity index (χ2n) is 5.28. The second-order valence-corrected chi connectivity index (χ2v) is 5.28. The molecule has 0 saturated carbocycles. The third-order valence-electron chi connectivity index (χ3n) is 4.02. The van der Waals surface area contributed by atoms with Gasteiger partial charge in [0, 0.05) is 26.2 Å². The Morgan fingerprint density at radius 2 is 2.05 bits per heavy atom. The molecule has 1 fully saturated rings. The number of aromatic nitrogens is 2. The third-order valence-corrected chi connectivity index (χ3v) is 4.02. The van der Waals surface area contributed by atoms with Gasteiger partial charge in [-0.25, -0.2) is 4.98 Å². The van der Waals surface area contributed by atoms with E-state index in [9.17, 15) is 4.79 Å². The van der Waals surface area contributed by atoms with Gasteiger partial charge in [-0.2, -0.15) is 0 Å². The van der Waals surface area contributed by atoms with Crippen LogP contribution in [0.3, 0.4) is 0 Å². The number of fused-ring (bicyclic) bond motifs is 1. The van der Waals surface area contributed by atoms with Crippen LogP contribution >= 0.6 is 0 Å². The highest BCUT2D eigenvalue weighted by atomic mass is 16.2. The number of H-pyrrole nitrogens is 1. The molecular formula is C15H20N4O. The first-order valence-electron chi connectivity index (χ1n) is 7.16. The smallest absolute Gasteiger partial charge is 0.289 e. The molecule has 0 bridgehead atoms. The number of amides is 1. The highest BCUT2D eigenvalue weighted by Gasteiger charge is 2.23. The molecular weight excluding hydrogens is 252 g/mol. The molecule has 5 nitrogen and oxygen atoms in total. The fourth-order valence-corrected chi connectivity index (χ4v) is 2.69. The summed E-state index contributed by atoms with van der Waals surface area (Å²) in [6, 6.07) is 5.95. The van der Waals surface area contributed by atoms with Gasteiger partial charge in [-0.15, -0.1) is 0 Å². The van der Waals surface area contributed by atoms with Crippen LogP contribution < -0.4 is 0 Å². The number of rotatable bonds is 2. The van der Waals surface area contributed by atoms with Gasteiger partial charge in [0.05, 0.1) is 11.0 Å². The molecule has 5 heteroatoms. The molecule has 1 saturated heterocycles. The van der Waals surface area contributed by atoms with Crippen LogP contribution in [0.15, 0.2) is 18.2 Å². The topological polar surface area (TPSA) is 52.2 Å². The lowest BCUT2D eigenvalue weighted by Gasteiger charge is -2.33. The van der Waals surface area contributed by atoms with Crippen molar-refractivity contribution < 1.29 is 4.79 Å². The van der Waals surface area contributed by atoms with Crippen molar-refractivity contribution in [3.05, 3.63) is 29.6 Å². The van der Waals surface area contributed by atoms with E-state index in [1.807, 2.05) is 30.0 Å². The molecule has 20 heavy (non-hydrogen) atoms. The van der Waals surface area contributed by atoms with Crippen molar-refractivity contribution in [3.8, 4) is 0 Å². The Balaban J connectivity index is 1.81. The Morgan fingerprint density at radius 1 is 1.30 bits per heavy atom. The number of carbonyl (C=O) groups excluding carboxylic acids is 1. The quantitative estimate of drug-likeness (QED) is 0.904. The lowest BCUT2D eigenvalue weighted by molar-refractivity contribution is 0.0633. The number of hydrogen-bond acceptors (Lipinski definition) is 3. The number of aromatic amines is 1. The average molecular weight is 272 g/mol. The van der Waals surface area contributed by atoms with E-state index in [1.54, 1.807) is 0 Å². The summed E-state index contributed by atoms with van der Waals surface area (Å²) in [5.41, 5.74) is 2.91. The number of aryl methyl sites for hydroxylation is 1. The Kier molecular flexibility index (Phi) is 3.44. The van der Waals surface area contributed by atoms with Gasteiger partial charge in [-0.05, 0) is 25.1 Å². The van der Waals surface area contributed by atoms with Gasteiger partial charge in [0.2, 0.25) is 0 Å². The van der Waals surface area contributed by atoms with Gasteiger partial charge < -0.3 is 14.8 Å². The highest BCUT2D eigenvalue weighted by Crippen LogP contribution is 2.16. The molecule has 0 aliphatic carbocycles. The predicted octanol–water partition coefficient (Wildman–Crippen LogP) is 1.65. The van der Waals surface area contributed by atoms with Crippen molar-refractivity contribution in [1.29, 1.82) is 0 Å². The van der Waals surface area contributed by atoms with E-state index in [0.717, 1.165) is 49.3 Å². The van der Waals surface area contributed by atoms with Crippen LogP contribution in [0.4, 0.5) is 0 Å². The fourth-order valence-electron chi connectivity index (χ4n) is 2.69. The Morgan fingerprint density at radius 3 is 2.70 bits per heavy atom. The summed E-state index contributed by atoms with van der Waals surface area (Å²) in [4.78, 5) is 24.3. The van der Waals surface area contributed by atoms with Gasteiger partial charge >= 0.3 is 0 Å². The minimum absolute atomic E-state index is 0.0105. The average Bonchev–Trinajstić information content (AvgIpc) is 2.92. The summed E-state index contributed by atoms with van der Waals surface area (Å²) in [6.07, 6.45) is 0. The van der Waals surface area contributed by atoms with Gasteiger partial charge in [-0.3, -0.25) is 4.79 Å². The maximum atomic E-state index is 12.5. The Hall–Kier alpha value is -1.88. The van der Waals surface area contributed by atoms with Gasteiger partial charge in [0.15, 0.2) is 5.82 Å². The van der Waals surface area contributed by atoms with Gasteiger partial charge in [0.1, 0.15) is 0 Å². The van der Waals surface area contributed by atoms with E-state index in [2.05, 4.69) is 21.8 Å². The van der Waals surface area contributed by atoms with Crippen molar-refractivity contribution in [2.24, 2.45) is 0 Å². The van der Waals surface area contributed by atoms with Crippen LogP contribution in [0, 0.1) is 6.92 Å². The van der Waals surface area contributed by atoms with Crippen molar-refractivity contribution in [2.45, 2.75) is 13.8 Å². The van der Waals surface area contributed by atoms with E-state index in [4.69, 9.17) is 0 Å². The summed E-state index contributed by atoms with van der Waals surface area (Å²) in [5.74, 6) is 0.468.